The van der Waals surface area contributed by atoms with Gasteiger partial charge in [0.15, 0.2) is 0 Å². The first-order valence-electron chi connectivity index (χ1n) is 11.2. The van der Waals surface area contributed by atoms with E-state index in [-0.39, 0.29) is 23.9 Å². The highest BCUT2D eigenvalue weighted by atomic mass is 19.4. The Hall–Kier alpha value is -2.94. The number of amides is 1. The molecular formula is C25H34F3N3O3. The molecule has 0 fully saturated rings. The molecule has 3 atom stereocenters. The summed E-state index contributed by atoms with van der Waals surface area (Å²) in [6.07, 6.45) is -4.29. The lowest BCUT2D eigenvalue weighted by molar-refractivity contribution is -0.161. The fourth-order valence-electron chi connectivity index (χ4n) is 3.55. The molecule has 0 bridgehead atoms. The minimum absolute atomic E-state index is 0.0184. The number of hydrogen-bond donors (Lipinski definition) is 3. The van der Waals surface area contributed by atoms with Gasteiger partial charge in [-0.05, 0) is 37.0 Å². The SMILES string of the molecule is COc1ccc(NC[C@H](C)NC(=O)[C@H](CC(C)C)N[C@@H](c2ccccc2)C(F)(F)F)c(OC)c1. The smallest absolute Gasteiger partial charge is 0.407 e. The van der Waals surface area contributed by atoms with Crippen LogP contribution in [0.5, 0.6) is 11.5 Å². The highest BCUT2D eigenvalue weighted by Crippen LogP contribution is 2.33. The van der Waals surface area contributed by atoms with Crippen molar-refractivity contribution < 1.29 is 27.4 Å². The quantitative estimate of drug-likeness (QED) is 0.401. The lowest BCUT2D eigenvalue weighted by Crippen LogP contribution is -2.52. The van der Waals surface area contributed by atoms with Crippen LogP contribution in [0.25, 0.3) is 0 Å². The van der Waals surface area contributed by atoms with Gasteiger partial charge in [0.05, 0.1) is 25.9 Å². The maximum Gasteiger partial charge on any atom is 0.407 e. The van der Waals surface area contributed by atoms with E-state index in [1.807, 2.05) is 13.8 Å². The van der Waals surface area contributed by atoms with E-state index in [4.69, 9.17) is 9.47 Å². The highest BCUT2D eigenvalue weighted by Gasteiger charge is 2.42. The van der Waals surface area contributed by atoms with Gasteiger partial charge in [-0.25, -0.2) is 0 Å². The molecule has 0 saturated carbocycles. The Morgan fingerprint density at radius 3 is 2.24 bits per heavy atom. The van der Waals surface area contributed by atoms with Gasteiger partial charge in [-0.1, -0.05) is 44.2 Å². The molecule has 1 amide bonds. The normalized spacial score (nSPS) is 14.3. The number of benzene rings is 2. The Bertz CT molecular complexity index is 907. The van der Waals surface area contributed by atoms with Gasteiger partial charge in [0, 0.05) is 18.7 Å². The second-order valence-electron chi connectivity index (χ2n) is 8.59. The summed E-state index contributed by atoms with van der Waals surface area (Å²) in [5.74, 6) is 0.761. The van der Waals surface area contributed by atoms with E-state index in [1.165, 1.54) is 19.2 Å². The van der Waals surface area contributed by atoms with Gasteiger partial charge in [-0.2, -0.15) is 13.2 Å². The van der Waals surface area contributed by atoms with Crippen LogP contribution >= 0.6 is 0 Å². The number of halogens is 3. The van der Waals surface area contributed by atoms with Crippen LogP contribution in [0.3, 0.4) is 0 Å². The molecule has 0 heterocycles. The number of nitrogens with one attached hydrogen (secondary N) is 3. The first kappa shape index (κ1) is 27.3. The van der Waals surface area contributed by atoms with E-state index in [1.54, 1.807) is 50.4 Å². The summed E-state index contributed by atoms with van der Waals surface area (Å²) in [4.78, 5) is 13.0. The average molecular weight is 482 g/mol. The Balaban J connectivity index is 2.08. The fourth-order valence-corrected chi connectivity index (χ4v) is 3.55. The summed E-state index contributed by atoms with van der Waals surface area (Å²) in [6.45, 7) is 5.87. The first-order valence-corrected chi connectivity index (χ1v) is 11.2. The average Bonchev–Trinajstić information content (AvgIpc) is 2.79. The zero-order chi connectivity index (χ0) is 25.3. The van der Waals surface area contributed by atoms with Gasteiger partial charge < -0.3 is 20.1 Å². The first-order chi connectivity index (χ1) is 16.0. The van der Waals surface area contributed by atoms with Crippen molar-refractivity contribution in [1.82, 2.24) is 10.6 Å². The van der Waals surface area contributed by atoms with Crippen LogP contribution in [0, 0.1) is 5.92 Å². The summed E-state index contributed by atoms with van der Waals surface area (Å²) < 4.78 is 52.1. The molecule has 0 aromatic heterocycles. The van der Waals surface area contributed by atoms with Crippen molar-refractivity contribution in [2.45, 2.75) is 51.5 Å². The van der Waals surface area contributed by atoms with Crippen molar-refractivity contribution in [2.24, 2.45) is 5.92 Å². The lowest BCUT2D eigenvalue weighted by atomic mass is 9.99. The number of methoxy groups -OCH3 is 2. The van der Waals surface area contributed by atoms with Crippen molar-refractivity contribution in [3.8, 4) is 11.5 Å². The molecule has 34 heavy (non-hydrogen) atoms. The number of anilines is 1. The van der Waals surface area contributed by atoms with Crippen molar-refractivity contribution in [1.29, 1.82) is 0 Å². The number of rotatable bonds is 12. The van der Waals surface area contributed by atoms with Crippen molar-refractivity contribution >= 4 is 11.6 Å². The van der Waals surface area contributed by atoms with E-state index >= 15 is 0 Å². The molecule has 2 aromatic rings. The van der Waals surface area contributed by atoms with Crippen LogP contribution in [-0.2, 0) is 4.79 Å². The summed E-state index contributed by atoms with van der Waals surface area (Å²) in [6, 6.07) is 9.57. The molecule has 0 radical (unpaired) electrons. The molecule has 0 unspecified atom stereocenters. The molecule has 2 aromatic carbocycles. The minimum Gasteiger partial charge on any atom is -0.497 e. The van der Waals surface area contributed by atoms with E-state index in [9.17, 15) is 18.0 Å². The molecule has 6 nitrogen and oxygen atoms in total. The molecule has 3 N–H and O–H groups in total. The second kappa shape index (κ2) is 12.5. The van der Waals surface area contributed by atoms with Gasteiger partial charge in [0.25, 0.3) is 0 Å². The van der Waals surface area contributed by atoms with Gasteiger partial charge in [0.1, 0.15) is 17.5 Å². The van der Waals surface area contributed by atoms with Crippen LogP contribution < -0.4 is 25.4 Å². The number of alkyl halides is 3. The molecule has 0 aliphatic carbocycles. The Morgan fingerprint density at radius 1 is 1.00 bits per heavy atom. The summed E-state index contributed by atoms with van der Waals surface area (Å²) >= 11 is 0. The Morgan fingerprint density at radius 2 is 1.68 bits per heavy atom. The maximum atomic E-state index is 13.8. The Labute approximate surface area is 199 Å². The Kier molecular flexibility index (Phi) is 10.0. The molecule has 0 aliphatic heterocycles. The van der Waals surface area contributed by atoms with Crippen LogP contribution in [0.1, 0.15) is 38.8 Å². The highest BCUT2D eigenvalue weighted by molar-refractivity contribution is 5.82. The van der Waals surface area contributed by atoms with Crippen LogP contribution in [-0.4, -0.2) is 44.9 Å². The van der Waals surface area contributed by atoms with Crippen molar-refractivity contribution in [3.63, 3.8) is 0 Å². The lowest BCUT2D eigenvalue weighted by Gasteiger charge is -2.29. The molecule has 2 rings (SSSR count). The van der Waals surface area contributed by atoms with Gasteiger partial charge in [0.2, 0.25) is 5.91 Å². The van der Waals surface area contributed by atoms with E-state index in [0.717, 1.165) is 0 Å². The molecule has 0 spiro atoms. The third kappa shape index (κ3) is 8.13. The second-order valence-corrected chi connectivity index (χ2v) is 8.59. The predicted molar refractivity (Wildman–Crippen MR) is 127 cm³/mol. The van der Waals surface area contributed by atoms with E-state index < -0.39 is 24.2 Å². The number of ether oxygens (including phenoxy) is 2. The predicted octanol–water partition coefficient (Wildman–Crippen LogP) is 4.93. The maximum absolute atomic E-state index is 13.8. The van der Waals surface area contributed by atoms with Crippen LogP contribution in [0.15, 0.2) is 48.5 Å². The number of carbonyl (C=O) groups is 1. The van der Waals surface area contributed by atoms with E-state index in [2.05, 4.69) is 16.0 Å². The third-order valence-corrected chi connectivity index (χ3v) is 5.25. The van der Waals surface area contributed by atoms with Gasteiger partial charge >= 0.3 is 6.18 Å². The summed E-state index contributed by atoms with van der Waals surface area (Å²) in [5.41, 5.74) is 0.778. The topological polar surface area (TPSA) is 71.6 Å². The monoisotopic (exact) mass is 481 g/mol. The standard InChI is InChI=1S/C25H34F3N3O3/c1-16(2)13-21(31-23(25(26,27)28)18-9-7-6-8-10-18)24(32)30-17(3)15-29-20-12-11-19(33-4)14-22(20)34-5/h6-12,14,16-17,21,23,29,31H,13,15H2,1-5H3,(H,30,32)/t17-,21-,23-/m0/s1. The zero-order valence-corrected chi connectivity index (χ0v) is 20.2. The van der Waals surface area contributed by atoms with E-state index in [0.29, 0.717) is 23.7 Å². The van der Waals surface area contributed by atoms with Gasteiger partial charge in [-0.3, -0.25) is 10.1 Å². The number of carbonyl (C=O) groups excluding carboxylic acids is 1. The van der Waals surface area contributed by atoms with Crippen molar-refractivity contribution in [2.75, 3.05) is 26.1 Å². The third-order valence-electron chi connectivity index (χ3n) is 5.25. The van der Waals surface area contributed by atoms with Crippen molar-refractivity contribution in [3.05, 3.63) is 54.1 Å². The van der Waals surface area contributed by atoms with Gasteiger partial charge in [-0.15, -0.1) is 0 Å². The minimum atomic E-state index is -4.55. The summed E-state index contributed by atoms with van der Waals surface area (Å²) in [7, 11) is 3.10. The van der Waals surface area contributed by atoms with Crippen LogP contribution in [0.4, 0.5) is 18.9 Å². The molecular weight excluding hydrogens is 447 g/mol. The largest absolute Gasteiger partial charge is 0.497 e. The molecule has 0 saturated heterocycles. The van der Waals surface area contributed by atoms with Crippen LogP contribution in [0.2, 0.25) is 0 Å². The fraction of sp³-hybridized carbons (Fsp3) is 0.480. The molecule has 188 valence electrons. The zero-order valence-electron chi connectivity index (χ0n) is 20.2. The molecule has 9 heteroatoms. The molecule has 0 aliphatic rings. The number of hydrogen-bond acceptors (Lipinski definition) is 5. The summed E-state index contributed by atoms with van der Waals surface area (Å²) in [5, 5.41) is 8.58.